The molecule has 1 amide bonds. The minimum absolute atomic E-state index is 0.148. The van der Waals surface area contributed by atoms with Gasteiger partial charge in [0.05, 0.1) is 24.7 Å². The van der Waals surface area contributed by atoms with Crippen molar-refractivity contribution in [2.75, 3.05) is 18.7 Å². The molecule has 0 saturated heterocycles. The Morgan fingerprint density at radius 2 is 1.94 bits per heavy atom. The maximum Gasteiger partial charge on any atom is 0.230 e. The predicted molar refractivity (Wildman–Crippen MR) is 129 cm³/mol. The van der Waals surface area contributed by atoms with Gasteiger partial charge in [-0.3, -0.25) is 4.79 Å². The van der Waals surface area contributed by atoms with Crippen LogP contribution in [-0.2, 0) is 17.9 Å². The van der Waals surface area contributed by atoms with Gasteiger partial charge in [0.1, 0.15) is 12.4 Å². The first-order chi connectivity index (χ1) is 16.5. The highest BCUT2D eigenvalue weighted by molar-refractivity contribution is 7.99. The average molecular weight is 480 g/mol. The summed E-state index contributed by atoms with van der Waals surface area (Å²) in [6.45, 7) is 2.61. The van der Waals surface area contributed by atoms with Gasteiger partial charge in [-0.15, -0.1) is 10.2 Å². The number of hydrogen-bond donors (Lipinski definition) is 2. The number of methoxy groups -OCH3 is 1. The zero-order chi connectivity index (χ0) is 23.9. The van der Waals surface area contributed by atoms with Gasteiger partial charge in [0.15, 0.2) is 17.3 Å². The van der Waals surface area contributed by atoms with E-state index in [-0.39, 0.29) is 11.7 Å². The van der Waals surface area contributed by atoms with E-state index < -0.39 is 0 Å². The number of amides is 1. The SMILES string of the molecule is COc1cc(CNC(=O)CSc2nnc(-c3ccoc3C)n2N)ccc1OCc1ccccc1. The number of hydrogen-bond acceptors (Lipinski definition) is 8. The Kier molecular flexibility index (Phi) is 7.38. The Morgan fingerprint density at radius 1 is 1.12 bits per heavy atom. The van der Waals surface area contributed by atoms with E-state index in [4.69, 9.17) is 19.7 Å². The molecule has 4 aromatic rings. The smallest absolute Gasteiger partial charge is 0.230 e. The number of carbonyl (C=O) groups excluding carboxylic acids is 1. The van der Waals surface area contributed by atoms with Gasteiger partial charge >= 0.3 is 0 Å². The summed E-state index contributed by atoms with van der Waals surface area (Å²) in [7, 11) is 1.59. The molecule has 0 radical (unpaired) electrons. The highest BCUT2D eigenvalue weighted by Crippen LogP contribution is 2.29. The van der Waals surface area contributed by atoms with Crippen LogP contribution in [0.15, 0.2) is 70.4 Å². The molecule has 0 saturated carbocycles. The molecule has 0 aliphatic carbocycles. The summed E-state index contributed by atoms with van der Waals surface area (Å²) in [4.78, 5) is 12.4. The second kappa shape index (κ2) is 10.8. The molecule has 4 rings (SSSR count). The molecule has 0 atom stereocenters. The molecule has 0 fully saturated rings. The lowest BCUT2D eigenvalue weighted by atomic mass is 10.2. The summed E-state index contributed by atoms with van der Waals surface area (Å²) < 4.78 is 18.0. The van der Waals surface area contributed by atoms with Crippen LogP contribution in [0.25, 0.3) is 11.4 Å². The molecule has 2 heterocycles. The molecule has 2 aromatic carbocycles. The molecule has 176 valence electrons. The minimum Gasteiger partial charge on any atom is -0.493 e. The predicted octanol–water partition coefficient (Wildman–Crippen LogP) is 3.56. The van der Waals surface area contributed by atoms with Crippen LogP contribution in [-0.4, -0.2) is 33.6 Å². The van der Waals surface area contributed by atoms with E-state index in [1.165, 1.54) is 16.4 Å². The quantitative estimate of drug-likeness (QED) is 0.262. The van der Waals surface area contributed by atoms with Gasteiger partial charge in [0.2, 0.25) is 11.1 Å². The van der Waals surface area contributed by atoms with Crippen LogP contribution in [0.5, 0.6) is 11.5 Å². The van der Waals surface area contributed by atoms with Gasteiger partial charge in [-0.2, -0.15) is 0 Å². The third-order valence-electron chi connectivity index (χ3n) is 5.05. The Morgan fingerprint density at radius 3 is 2.68 bits per heavy atom. The van der Waals surface area contributed by atoms with Crippen LogP contribution in [0, 0.1) is 6.92 Å². The summed E-state index contributed by atoms with van der Waals surface area (Å²) in [5.41, 5.74) is 2.72. The van der Waals surface area contributed by atoms with E-state index >= 15 is 0 Å². The van der Waals surface area contributed by atoms with Crippen molar-refractivity contribution in [3.05, 3.63) is 77.7 Å². The number of rotatable bonds is 10. The molecule has 0 aliphatic rings. The zero-order valence-corrected chi connectivity index (χ0v) is 19.7. The topological polar surface area (TPSA) is 117 Å². The monoisotopic (exact) mass is 479 g/mol. The maximum absolute atomic E-state index is 12.4. The normalized spacial score (nSPS) is 10.8. The summed E-state index contributed by atoms with van der Waals surface area (Å²) >= 11 is 1.21. The first-order valence-corrected chi connectivity index (χ1v) is 11.5. The van der Waals surface area contributed by atoms with Gasteiger partial charge in [-0.1, -0.05) is 48.2 Å². The van der Waals surface area contributed by atoms with Crippen LogP contribution in [0.4, 0.5) is 0 Å². The molecule has 2 aromatic heterocycles. The largest absolute Gasteiger partial charge is 0.493 e. The van der Waals surface area contributed by atoms with Gasteiger partial charge in [-0.05, 0) is 36.2 Å². The zero-order valence-electron chi connectivity index (χ0n) is 18.9. The Bertz CT molecular complexity index is 1260. The molecule has 9 nitrogen and oxygen atoms in total. The number of carbonyl (C=O) groups is 1. The lowest BCUT2D eigenvalue weighted by molar-refractivity contribution is -0.118. The maximum atomic E-state index is 12.4. The lowest BCUT2D eigenvalue weighted by Gasteiger charge is -2.13. The Balaban J connectivity index is 1.29. The van der Waals surface area contributed by atoms with Crippen LogP contribution >= 0.6 is 11.8 Å². The van der Waals surface area contributed by atoms with Crippen LogP contribution < -0.4 is 20.6 Å². The van der Waals surface area contributed by atoms with Gasteiger partial charge in [-0.25, -0.2) is 4.68 Å². The average Bonchev–Trinajstić information content (AvgIpc) is 3.45. The molecule has 0 unspecified atom stereocenters. The first kappa shape index (κ1) is 23.2. The van der Waals surface area contributed by atoms with Crippen LogP contribution in [0.2, 0.25) is 0 Å². The van der Waals surface area contributed by atoms with E-state index in [0.29, 0.717) is 41.4 Å². The number of nitrogens with one attached hydrogen (secondary N) is 1. The number of thioether (sulfide) groups is 1. The van der Waals surface area contributed by atoms with Crippen LogP contribution in [0.1, 0.15) is 16.9 Å². The van der Waals surface area contributed by atoms with E-state index in [2.05, 4.69) is 15.5 Å². The van der Waals surface area contributed by atoms with Crippen molar-refractivity contribution in [2.24, 2.45) is 0 Å². The summed E-state index contributed by atoms with van der Waals surface area (Å²) in [6.07, 6.45) is 1.57. The number of aromatic nitrogens is 3. The van der Waals surface area contributed by atoms with Crippen molar-refractivity contribution in [3.8, 4) is 22.9 Å². The van der Waals surface area contributed by atoms with Gasteiger partial charge < -0.3 is 25.1 Å². The molecular formula is C24H25N5O4S. The molecular weight excluding hydrogens is 454 g/mol. The minimum atomic E-state index is -0.155. The van der Waals surface area contributed by atoms with E-state index in [9.17, 15) is 4.79 Å². The summed E-state index contributed by atoms with van der Waals surface area (Å²) in [5.74, 6) is 8.51. The molecule has 0 bridgehead atoms. The van der Waals surface area contributed by atoms with Crippen LogP contribution in [0.3, 0.4) is 0 Å². The molecule has 0 spiro atoms. The fraction of sp³-hybridized carbons (Fsp3) is 0.208. The van der Waals surface area contributed by atoms with E-state index in [1.54, 1.807) is 19.4 Å². The van der Waals surface area contributed by atoms with Crippen molar-refractivity contribution < 1.29 is 18.7 Å². The molecule has 34 heavy (non-hydrogen) atoms. The highest BCUT2D eigenvalue weighted by atomic mass is 32.2. The number of nitrogens with zero attached hydrogens (tertiary/aromatic N) is 3. The number of ether oxygens (including phenoxy) is 2. The molecule has 0 aliphatic heterocycles. The summed E-state index contributed by atoms with van der Waals surface area (Å²) in [5, 5.41) is 11.5. The molecule has 3 N–H and O–H groups in total. The lowest BCUT2D eigenvalue weighted by Crippen LogP contribution is -2.25. The number of nitrogen functional groups attached to an aromatic ring is 1. The van der Waals surface area contributed by atoms with Crippen molar-refractivity contribution in [2.45, 2.75) is 25.2 Å². The van der Waals surface area contributed by atoms with Gasteiger partial charge in [0, 0.05) is 6.54 Å². The van der Waals surface area contributed by atoms with E-state index in [0.717, 1.165) is 16.7 Å². The van der Waals surface area contributed by atoms with Crippen molar-refractivity contribution in [1.82, 2.24) is 20.2 Å². The Hall–Kier alpha value is -3.92. The third kappa shape index (κ3) is 5.52. The number of benzene rings is 2. The summed E-state index contributed by atoms with van der Waals surface area (Å²) in [6, 6.07) is 17.3. The Labute approximate surface area is 201 Å². The fourth-order valence-electron chi connectivity index (χ4n) is 3.23. The highest BCUT2D eigenvalue weighted by Gasteiger charge is 2.16. The number of nitrogens with two attached hydrogens (primary N) is 1. The second-order valence-corrected chi connectivity index (χ2v) is 8.33. The first-order valence-electron chi connectivity index (χ1n) is 10.5. The van der Waals surface area contributed by atoms with Crippen molar-refractivity contribution >= 4 is 17.7 Å². The fourth-order valence-corrected chi connectivity index (χ4v) is 3.92. The van der Waals surface area contributed by atoms with Crippen molar-refractivity contribution in [3.63, 3.8) is 0 Å². The molecule has 10 heteroatoms. The third-order valence-corrected chi connectivity index (χ3v) is 5.99. The van der Waals surface area contributed by atoms with E-state index in [1.807, 2.05) is 55.5 Å². The standard InChI is InChI=1S/C24H25N5O4S/c1-16-19(10-11-32-16)23-27-28-24(29(23)25)34-15-22(30)26-13-18-8-9-20(21(12-18)31-2)33-14-17-6-4-3-5-7-17/h3-12H,13-15,25H2,1-2H3,(H,26,30). The number of furan rings is 1. The van der Waals surface area contributed by atoms with Gasteiger partial charge in [0.25, 0.3) is 0 Å². The number of aryl methyl sites for hydroxylation is 1. The second-order valence-electron chi connectivity index (χ2n) is 7.39. The van der Waals surface area contributed by atoms with Crippen molar-refractivity contribution in [1.29, 1.82) is 0 Å².